The molecule has 0 saturated heterocycles. The Balaban J connectivity index is 2.32. The van der Waals surface area contributed by atoms with Crippen LogP contribution < -0.4 is 4.90 Å². The van der Waals surface area contributed by atoms with Crippen LogP contribution in [0.1, 0.15) is 19.4 Å². The van der Waals surface area contributed by atoms with Gasteiger partial charge in [0, 0.05) is 18.8 Å². The number of anilines is 1. The van der Waals surface area contributed by atoms with E-state index in [9.17, 15) is 0 Å². The van der Waals surface area contributed by atoms with E-state index in [-0.39, 0.29) is 0 Å². The van der Waals surface area contributed by atoms with Crippen LogP contribution in [0.4, 0.5) is 5.69 Å². The van der Waals surface area contributed by atoms with Crippen LogP contribution in [0.5, 0.6) is 0 Å². The fraction of sp³-hybridized carbons (Fsp3) is 0.500. The lowest BCUT2D eigenvalue weighted by Crippen LogP contribution is -2.32. The van der Waals surface area contributed by atoms with E-state index in [4.69, 9.17) is 0 Å². The van der Waals surface area contributed by atoms with Crippen molar-refractivity contribution in [3.05, 3.63) is 29.8 Å². The molecular formula is C12H17N. The van der Waals surface area contributed by atoms with Crippen LogP contribution in [-0.2, 0) is 6.42 Å². The van der Waals surface area contributed by atoms with Gasteiger partial charge in [0.25, 0.3) is 0 Å². The first-order valence-corrected chi connectivity index (χ1v) is 5.01. The molecule has 0 spiro atoms. The topological polar surface area (TPSA) is 3.24 Å². The van der Waals surface area contributed by atoms with Crippen LogP contribution in [0.2, 0.25) is 0 Å². The van der Waals surface area contributed by atoms with Crippen molar-refractivity contribution >= 4 is 5.69 Å². The van der Waals surface area contributed by atoms with Crippen LogP contribution in [0.3, 0.4) is 0 Å². The van der Waals surface area contributed by atoms with E-state index >= 15 is 0 Å². The maximum Gasteiger partial charge on any atom is 0.0399 e. The Bertz CT molecular complexity index is 304. The number of hydrogen-bond donors (Lipinski definition) is 0. The molecular weight excluding hydrogens is 158 g/mol. The average molecular weight is 175 g/mol. The molecule has 1 aliphatic rings. The molecule has 70 valence electrons. The van der Waals surface area contributed by atoms with E-state index in [2.05, 4.69) is 50.1 Å². The van der Waals surface area contributed by atoms with E-state index in [1.165, 1.54) is 17.7 Å². The molecule has 1 aliphatic heterocycles. The predicted octanol–water partition coefficient (Wildman–Crippen LogP) is 2.70. The van der Waals surface area contributed by atoms with Gasteiger partial charge in [-0.25, -0.2) is 0 Å². The first kappa shape index (κ1) is 8.61. The van der Waals surface area contributed by atoms with Crippen molar-refractivity contribution in [3.63, 3.8) is 0 Å². The van der Waals surface area contributed by atoms with E-state index in [0.717, 1.165) is 5.92 Å². The lowest BCUT2D eigenvalue weighted by molar-refractivity contribution is 0.491. The molecule has 1 nitrogen and oxygen atoms in total. The monoisotopic (exact) mass is 175 g/mol. The summed E-state index contributed by atoms with van der Waals surface area (Å²) in [6.45, 7) is 4.60. The summed E-state index contributed by atoms with van der Waals surface area (Å²) >= 11 is 0. The third-order valence-electron chi connectivity index (χ3n) is 3.07. The highest BCUT2D eigenvalue weighted by molar-refractivity contribution is 5.58. The SMILES string of the molecule is CC(C)[C@@H]1Cc2ccccc2N1C. The van der Waals surface area contributed by atoms with Crippen molar-refractivity contribution in [2.45, 2.75) is 26.3 Å². The second-order valence-corrected chi connectivity index (χ2v) is 4.26. The summed E-state index contributed by atoms with van der Waals surface area (Å²) in [6.07, 6.45) is 1.21. The van der Waals surface area contributed by atoms with Gasteiger partial charge in [0.2, 0.25) is 0 Å². The Labute approximate surface area is 80.4 Å². The highest BCUT2D eigenvalue weighted by Gasteiger charge is 2.27. The van der Waals surface area contributed by atoms with Gasteiger partial charge in [-0.15, -0.1) is 0 Å². The summed E-state index contributed by atoms with van der Waals surface area (Å²) < 4.78 is 0. The summed E-state index contributed by atoms with van der Waals surface area (Å²) in [7, 11) is 2.20. The smallest absolute Gasteiger partial charge is 0.0399 e. The average Bonchev–Trinajstić information content (AvgIpc) is 2.45. The molecule has 0 unspecified atom stereocenters. The molecule has 1 heteroatoms. The number of fused-ring (bicyclic) bond motifs is 1. The Kier molecular flexibility index (Phi) is 2.03. The lowest BCUT2D eigenvalue weighted by atomic mass is 10.0. The van der Waals surface area contributed by atoms with E-state index < -0.39 is 0 Å². The molecule has 0 amide bonds. The molecule has 13 heavy (non-hydrogen) atoms. The Hall–Kier alpha value is -0.980. The molecule has 0 radical (unpaired) electrons. The molecule has 0 fully saturated rings. The Morgan fingerprint density at radius 2 is 2.00 bits per heavy atom. The highest BCUT2D eigenvalue weighted by atomic mass is 15.2. The normalized spacial score (nSPS) is 20.9. The van der Waals surface area contributed by atoms with Crippen LogP contribution in [0, 0.1) is 5.92 Å². The fourth-order valence-electron chi connectivity index (χ4n) is 2.25. The van der Waals surface area contributed by atoms with Crippen LogP contribution in [0.15, 0.2) is 24.3 Å². The largest absolute Gasteiger partial charge is 0.371 e. The number of benzene rings is 1. The van der Waals surface area contributed by atoms with Crippen molar-refractivity contribution in [2.75, 3.05) is 11.9 Å². The molecule has 0 saturated carbocycles. The zero-order valence-electron chi connectivity index (χ0n) is 8.62. The first-order valence-electron chi connectivity index (χ1n) is 5.01. The third kappa shape index (κ3) is 1.32. The van der Waals surface area contributed by atoms with Crippen LogP contribution in [0.25, 0.3) is 0 Å². The zero-order valence-corrected chi connectivity index (χ0v) is 8.62. The minimum absolute atomic E-state index is 0.692. The first-order chi connectivity index (χ1) is 6.20. The summed E-state index contributed by atoms with van der Waals surface area (Å²) in [4.78, 5) is 2.42. The lowest BCUT2D eigenvalue weighted by Gasteiger charge is -2.25. The minimum Gasteiger partial charge on any atom is -0.371 e. The number of hydrogen-bond acceptors (Lipinski definition) is 1. The standard InChI is InChI=1S/C12H17N/c1-9(2)12-8-10-6-4-5-7-11(10)13(12)3/h4-7,9,12H,8H2,1-3H3/t12-/m0/s1. The van der Waals surface area contributed by atoms with Gasteiger partial charge < -0.3 is 4.90 Å². The summed E-state index contributed by atoms with van der Waals surface area (Å²) in [6, 6.07) is 9.41. The number of likely N-dealkylation sites (N-methyl/N-ethyl adjacent to an activating group) is 1. The molecule has 0 aliphatic carbocycles. The molecule has 1 aromatic rings. The van der Waals surface area contributed by atoms with E-state index in [1.807, 2.05) is 0 Å². The molecule has 1 heterocycles. The maximum absolute atomic E-state index is 2.42. The van der Waals surface area contributed by atoms with Crippen molar-refractivity contribution in [1.29, 1.82) is 0 Å². The van der Waals surface area contributed by atoms with Gasteiger partial charge in [-0.05, 0) is 24.0 Å². The summed E-state index contributed by atoms with van der Waals surface area (Å²) in [5.74, 6) is 0.734. The van der Waals surface area contributed by atoms with Gasteiger partial charge in [0.05, 0.1) is 0 Å². The van der Waals surface area contributed by atoms with Gasteiger partial charge in [-0.3, -0.25) is 0 Å². The quantitative estimate of drug-likeness (QED) is 0.634. The molecule has 1 atom stereocenters. The zero-order chi connectivity index (χ0) is 9.42. The summed E-state index contributed by atoms with van der Waals surface area (Å²) in [5.41, 5.74) is 2.92. The molecule has 0 bridgehead atoms. The van der Waals surface area contributed by atoms with Gasteiger partial charge in [-0.2, -0.15) is 0 Å². The van der Waals surface area contributed by atoms with E-state index in [1.54, 1.807) is 0 Å². The minimum atomic E-state index is 0.692. The van der Waals surface area contributed by atoms with Gasteiger partial charge in [-0.1, -0.05) is 32.0 Å². The van der Waals surface area contributed by atoms with Gasteiger partial charge in [0.15, 0.2) is 0 Å². The number of para-hydroxylation sites is 1. The van der Waals surface area contributed by atoms with Crippen LogP contribution in [-0.4, -0.2) is 13.1 Å². The van der Waals surface area contributed by atoms with E-state index in [0.29, 0.717) is 6.04 Å². The molecule has 2 rings (SSSR count). The predicted molar refractivity (Wildman–Crippen MR) is 57.2 cm³/mol. The fourth-order valence-corrected chi connectivity index (χ4v) is 2.25. The third-order valence-corrected chi connectivity index (χ3v) is 3.07. The molecule has 0 N–H and O–H groups in total. The second kappa shape index (κ2) is 3.06. The van der Waals surface area contributed by atoms with Crippen molar-refractivity contribution in [1.82, 2.24) is 0 Å². The van der Waals surface area contributed by atoms with Gasteiger partial charge >= 0.3 is 0 Å². The number of rotatable bonds is 1. The second-order valence-electron chi connectivity index (χ2n) is 4.26. The van der Waals surface area contributed by atoms with Crippen LogP contribution >= 0.6 is 0 Å². The number of nitrogens with zero attached hydrogens (tertiary/aromatic N) is 1. The van der Waals surface area contributed by atoms with Crippen molar-refractivity contribution in [3.8, 4) is 0 Å². The van der Waals surface area contributed by atoms with Crippen molar-refractivity contribution in [2.24, 2.45) is 5.92 Å². The van der Waals surface area contributed by atoms with Gasteiger partial charge in [0.1, 0.15) is 0 Å². The molecule has 1 aromatic carbocycles. The maximum atomic E-state index is 2.42. The summed E-state index contributed by atoms with van der Waals surface area (Å²) in [5, 5.41) is 0. The Morgan fingerprint density at radius 1 is 1.31 bits per heavy atom. The Morgan fingerprint density at radius 3 is 2.62 bits per heavy atom. The highest BCUT2D eigenvalue weighted by Crippen LogP contribution is 2.33. The molecule has 0 aromatic heterocycles. The van der Waals surface area contributed by atoms with Crippen molar-refractivity contribution < 1.29 is 0 Å².